The van der Waals surface area contributed by atoms with Crippen molar-refractivity contribution < 1.29 is 14.3 Å². The maximum Gasteiger partial charge on any atom is 0.320 e. The normalized spacial score (nSPS) is 20.7. The van der Waals surface area contributed by atoms with Crippen LogP contribution in [0.5, 0.6) is 5.75 Å². The molecule has 2 amide bonds. The number of piperidine rings is 1. The van der Waals surface area contributed by atoms with Gasteiger partial charge in [-0.1, -0.05) is 45.0 Å². The number of anilines is 2. The predicted molar refractivity (Wildman–Crippen MR) is 197 cm³/mol. The molecule has 4 aromatic heterocycles. The number of pyridine rings is 1. The van der Waals surface area contributed by atoms with Crippen LogP contribution < -0.4 is 20.3 Å². The van der Waals surface area contributed by atoms with Crippen LogP contribution in [-0.4, -0.2) is 65.5 Å². The van der Waals surface area contributed by atoms with Crippen molar-refractivity contribution in [2.24, 2.45) is 0 Å². The van der Waals surface area contributed by atoms with Gasteiger partial charge in [0.1, 0.15) is 23.4 Å². The molecular formula is C38H50N10O3. The minimum atomic E-state index is -0.300. The Kier molecular flexibility index (Phi) is 9.73. The zero-order valence-corrected chi connectivity index (χ0v) is 30.5. The van der Waals surface area contributed by atoms with Crippen LogP contribution in [0.1, 0.15) is 103 Å². The number of carbonyl (C=O) groups excluding carboxylic acids is 1. The molecule has 270 valence electrons. The van der Waals surface area contributed by atoms with Gasteiger partial charge in [0.2, 0.25) is 5.95 Å². The van der Waals surface area contributed by atoms with Crippen LogP contribution in [0, 0.1) is 0 Å². The number of benzene rings is 1. The number of fused-ring (bicyclic) bond motifs is 2. The fourth-order valence-corrected chi connectivity index (χ4v) is 7.34. The molecule has 1 fully saturated rings. The first kappa shape index (κ1) is 34.5. The standard InChI is InChI=1S/C38H50N10O3/c1-7-50-20-19-45-23-27(22-39-45)48-35(21-33(44-48)38(4,5)6)41-36(49)40-31-16-17-32(30-14-9-8-13-29(30)31)51-28-15-18-34-42-43-37(46(34)24-28)47-25(2)11-10-12-26(47)3/h8-9,13-15,18,21-26,31-32H,7,10-12,16-17,19-20H2,1-6H3,(H2,40,41,49)/t25-,26+,31-,32+/m0/s1. The summed E-state index contributed by atoms with van der Waals surface area (Å²) in [6.07, 6.45) is 10.5. The number of rotatable bonds is 10. The maximum absolute atomic E-state index is 13.6. The topological polar surface area (TPSA) is 129 Å². The molecule has 0 unspecified atom stereocenters. The lowest BCUT2D eigenvalue weighted by molar-refractivity contribution is 0.136. The van der Waals surface area contributed by atoms with Gasteiger partial charge in [-0.05, 0) is 76.1 Å². The van der Waals surface area contributed by atoms with E-state index in [0.29, 0.717) is 37.7 Å². The van der Waals surface area contributed by atoms with E-state index >= 15 is 0 Å². The van der Waals surface area contributed by atoms with E-state index in [1.54, 1.807) is 10.9 Å². The Hall–Kier alpha value is -4.91. The summed E-state index contributed by atoms with van der Waals surface area (Å²) in [6.45, 7) is 14.7. The van der Waals surface area contributed by atoms with Crippen LogP contribution in [0.15, 0.2) is 61.1 Å². The number of carbonyl (C=O) groups is 1. The third-order valence-electron chi connectivity index (χ3n) is 10.1. The van der Waals surface area contributed by atoms with Crippen LogP contribution in [0.2, 0.25) is 0 Å². The molecule has 4 atom stereocenters. The molecule has 0 saturated carbocycles. The Bertz CT molecular complexity index is 1960. The predicted octanol–water partition coefficient (Wildman–Crippen LogP) is 6.99. The van der Waals surface area contributed by atoms with Crippen molar-refractivity contribution >= 4 is 23.4 Å². The lowest BCUT2D eigenvalue weighted by Crippen LogP contribution is -2.44. The monoisotopic (exact) mass is 694 g/mol. The van der Waals surface area contributed by atoms with Crippen LogP contribution in [0.4, 0.5) is 16.6 Å². The Morgan fingerprint density at radius 1 is 0.980 bits per heavy atom. The van der Waals surface area contributed by atoms with Crippen LogP contribution in [0.3, 0.4) is 0 Å². The number of amides is 2. The second kappa shape index (κ2) is 14.4. The quantitative estimate of drug-likeness (QED) is 0.150. The zero-order valence-electron chi connectivity index (χ0n) is 30.5. The summed E-state index contributed by atoms with van der Waals surface area (Å²) in [7, 11) is 0. The highest BCUT2D eigenvalue weighted by atomic mass is 16.5. The molecule has 1 aromatic carbocycles. The number of aromatic nitrogens is 7. The summed E-state index contributed by atoms with van der Waals surface area (Å²) >= 11 is 0. The number of urea groups is 1. The van der Waals surface area contributed by atoms with Crippen LogP contribution >= 0.6 is 0 Å². The first-order valence-electron chi connectivity index (χ1n) is 18.3. The highest BCUT2D eigenvalue weighted by molar-refractivity contribution is 5.89. The van der Waals surface area contributed by atoms with E-state index in [1.807, 2.05) is 54.3 Å². The van der Waals surface area contributed by atoms with Gasteiger partial charge in [-0.15, -0.1) is 10.2 Å². The minimum absolute atomic E-state index is 0.164. The number of nitrogens with zero attached hydrogens (tertiary/aromatic N) is 8. The lowest BCUT2D eigenvalue weighted by atomic mass is 9.85. The Labute approximate surface area is 299 Å². The van der Waals surface area contributed by atoms with E-state index in [2.05, 4.69) is 82.0 Å². The van der Waals surface area contributed by atoms with Crippen molar-refractivity contribution in [3.8, 4) is 11.4 Å². The van der Waals surface area contributed by atoms with Gasteiger partial charge in [-0.25, -0.2) is 9.48 Å². The molecule has 7 rings (SSSR count). The molecular weight excluding hydrogens is 644 g/mol. The van der Waals surface area contributed by atoms with E-state index in [9.17, 15) is 4.79 Å². The maximum atomic E-state index is 13.6. The largest absolute Gasteiger partial charge is 0.484 e. The van der Waals surface area contributed by atoms with Gasteiger partial charge in [0.15, 0.2) is 5.65 Å². The van der Waals surface area contributed by atoms with Gasteiger partial charge in [0.25, 0.3) is 0 Å². The van der Waals surface area contributed by atoms with Crippen molar-refractivity contribution in [1.82, 2.24) is 39.5 Å². The summed E-state index contributed by atoms with van der Waals surface area (Å²) in [5.41, 5.74) is 4.32. The van der Waals surface area contributed by atoms with Gasteiger partial charge in [0.05, 0.1) is 43.5 Å². The molecule has 1 aliphatic carbocycles. The Balaban J connectivity index is 1.07. The molecule has 13 heteroatoms. The van der Waals surface area contributed by atoms with Crippen molar-refractivity contribution in [1.29, 1.82) is 0 Å². The van der Waals surface area contributed by atoms with E-state index in [1.165, 1.54) is 6.42 Å². The van der Waals surface area contributed by atoms with Crippen molar-refractivity contribution in [2.75, 3.05) is 23.4 Å². The summed E-state index contributed by atoms with van der Waals surface area (Å²) in [5.74, 6) is 2.19. The van der Waals surface area contributed by atoms with Crippen molar-refractivity contribution in [3.63, 3.8) is 0 Å². The van der Waals surface area contributed by atoms with Gasteiger partial charge in [-0.3, -0.25) is 14.4 Å². The number of nitrogens with one attached hydrogen (secondary N) is 2. The molecule has 5 aromatic rings. The Morgan fingerprint density at radius 3 is 2.53 bits per heavy atom. The molecule has 0 spiro atoms. The lowest BCUT2D eigenvalue weighted by Gasteiger charge is -2.39. The summed E-state index contributed by atoms with van der Waals surface area (Å²) < 4.78 is 17.8. The number of hydrogen-bond donors (Lipinski definition) is 2. The molecule has 0 radical (unpaired) electrons. The van der Waals surface area contributed by atoms with E-state index in [4.69, 9.17) is 14.6 Å². The smallest absolute Gasteiger partial charge is 0.320 e. The van der Waals surface area contributed by atoms with Gasteiger partial charge in [-0.2, -0.15) is 10.2 Å². The molecule has 1 saturated heterocycles. The van der Waals surface area contributed by atoms with Gasteiger partial charge >= 0.3 is 6.03 Å². The van der Waals surface area contributed by atoms with E-state index in [-0.39, 0.29) is 23.6 Å². The molecule has 1 aliphatic heterocycles. The molecule has 0 bridgehead atoms. The third-order valence-corrected chi connectivity index (χ3v) is 10.1. The fourth-order valence-electron chi connectivity index (χ4n) is 7.34. The second-order valence-corrected chi connectivity index (χ2v) is 14.8. The summed E-state index contributed by atoms with van der Waals surface area (Å²) in [5, 5.41) is 24.7. The van der Waals surface area contributed by atoms with Gasteiger partial charge in [0, 0.05) is 30.2 Å². The summed E-state index contributed by atoms with van der Waals surface area (Å²) in [6, 6.07) is 14.4. The third kappa shape index (κ3) is 7.30. The molecule has 51 heavy (non-hydrogen) atoms. The Morgan fingerprint density at radius 2 is 1.76 bits per heavy atom. The molecule has 5 heterocycles. The first-order valence-corrected chi connectivity index (χ1v) is 18.3. The highest BCUT2D eigenvalue weighted by Crippen LogP contribution is 2.39. The summed E-state index contributed by atoms with van der Waals surface area (Å²) in [4.78, 5) is 16.0. The molecule has 2 aliphatic rings. The molecule has 13 nitrogen and oxygen atoms in total. The minimum Gasteiger partial charge on any atom is -0.484 e. The van der Waals surface area contributed by atoms with Crippen LogP contribution in [-0.2, 0) is 16.7 Å². The zero-order chi connectivity index (χ0) is 35.7. The number of hydrogen-bond acceptors (Lipinski definition) is 8. The van der Waals surface area contributed by atoms with Crippen molar-refractivity contribution in [2.45, 2.75) is 110 Å². The van der Waals surface area contributed by atoms with E-state index in [0.717, 1.165) is 65.5 Å². The highest BCUT2D eigenvalue weighted by Gasteiger charge is 2.31. The van der Waals surface area contributed by atoms with Crippen LogP contribution in [0.25, 0.3) is 11.3 Å². The first-order chi connectivity index (χ1) is 24.6. The fraction of sp³-hybridized carbons (Fsp3) is 0.500. The SMILES string of the molecule is CCOCCn1cc(-n2nc(C(C)(C)C)cc2NC(=O)N[C@H]2CC[C@@H](Oc3ccc4nnc(N5[C@H](C)CCC[C@@H]5C)n4c3)c3ccccc32)cn1. The van der Waals surface area contributed by atoms with E-state index < -0.39 is 0 Å². The number of ether oxygens (including phenoxy) is 2. The molecule has 2 N–H and O–H groups in total. The van der Waals surface area contributed by atoms with Gasteiger partial charge < -0.3 is 19.7 Å². The average Bonchev–Trinajstić information content (AvgIpc) is 3.85. The second-order valence-electron chi connectivity index (χ2n) is 14.8. The van der Waals surface area contributed by atoms with Crippen molar-refractivity contribution in [3.05, 3.63) is 77.9 Å². The average molecular weight is 695 g/mol.